The van der Waals surface area contributed by atoms with Gasteiger partial charge in [0.15, 0.2) is 0 Å². The molecular formula is C30H27N3O3S. The van der Waals surface area contributed by atoms with Crippen LogP contribution in [-0.4, -0.2) is 16.4 Å². The van der Waals surface area contributed by atoms with E-state index in [0.717, 1.165) is 21.6 Å². The molecule has 2 N–H and O–H groups in total. The van der Waals surface area contributed by atoms with Crippen LogP contribution in [0.5, 0.6) is 0 Å². The van der Waals surface area contributed by atoms with E-state index in [1.54, 1.807) is 24.1 Å². The molecule has 6 nitrogen and oxygen atoms in total. The van der Waals surface area contributed by atoms with Gasteiger partial charge in [-0.1, -0.05) is 42.5 Å². The zero-order chi connectivity index (χ0) is 25.6. The van der Waals surface area contributed by atoms with Crippen LogP contribution >= 0.6 is 11.8 Å². The van der Waals surface area contributed by atoms with E-state index >= 15 is 0 Å². The second kappa shape index (κ2) is 11.2. The van der Waals surface area contributed by atoms with Gasteiger partial charge in [-0.05, 0) is 61.0 Å². The SMILES string of the molecule is CCn1c(C(=O)NCc2ccco2)cc2cc(NC(=O)c3ccccc3SCc3ccccc3)ccc21. The van der Waals surface area contributed by atoms with Crippen molar-refractivity contribution >= 4 is 40.2 Å². The molecule has 2 aromatic heterocycles. The van der Waals surface area contributed by atoms with Crippen LogP contribution in [0.2, 0.25) is 0 Å². The molecule has 0 saturated heterocycles. The van der Waals surface area contributed by atoms with Crippen molar-refractivity contribution in [1.82, 2.24) is 9.88 Å². The van der Waals surface area contributed by atoms with E-state index in [2.05, 4.69) is 22.8 Å². The molecule has 5 aromatic rings. The highest BCUT2D eigenvalue weighted by molar-refractivity contribution is 7.98. The zero-order valence-corrected chi connectivity index (χ0v) is 21.3. The molecule has 0 saturated carbocycles. The predicted molar refractivity (Wildman–Crippen MR) is 148 cm³/mol. The zero-order valence-electron chi connectivity index (χ0n) is 20.4. The van der Waals surface area contributed by atoms with Gasteiger partial charge in [-0.2, -0.15) is 0 Å². The van der Waals surface area contributed by atoms with Crippen molar-refractivity contribution in [2.45, 2.75) is 30.7 Å². The number of hydrogen-bond donors (Lipinski definition) is 2. The first kappa shape index (κ1) is 24.5. The van der Waals surface area contributed by atoms with Crippen LogP contribution in [0.25, 0.3) is 10.9 Å². The van der Waals surface area contributed by atoms with Crippen LogP contribution in [-0.2, 0) is 18.8 Å². The molecule has 0 radical (unpaired) electrons. The van der Waals surface area contributed by atoms with Crippen LogP contribution in [0, 0.1) is 0 Å². The molecule has 0 aliphatic heterocycles. The maximum absolute atomic E-state index is 13.2. The molecule has 0 aliphatic rings. The van der Waals surface area contributed by atoms with Crippen LogP contribution in [0.4, 0.5) is 5.69 Å². The lowest BCUT2D eigenvalue weighted by atomic mass is 10.2. The lowest BCUT2D eigenvalue weighted by Crippen LogP contribution is -2.25. The predicted octanol–water partition coefficient (Wildman–Crippen LogP) is 6.73. The molecule has 0 aliphatic carbocycles. The molecule has 0 spiro atoms. The summed E-state index contributed by atoms with van der Waals surface area (Å²) in [5, 5.41) is 6.83. The fourth-order valence-corrected chi connectivity index (χ4v) is 5.27. The fraction of sp³-hybridized carbons (Fsp3) is 0.133. The Hall–Kier alpha value is -4.23. The number of anilines is 1. The summed E-state index contributed by atoms with van der Waals surface area (Å²) in [6, 6.07) is 29.0. The third kappa shape index (κ3) is 5.62. The molecule has 0 bridgehead atoms. The van der Waals surface area contributed by atoms with E-state index in [0.29, 0.717) is 35.8 Å². The second-order valence-corrected chi connectivity index (χ2v) is 9.55. The summed E-state index contributed by atoms with van der Waals surface area (Å²) >= 11 is 1.64. The maximum atomic E-state index is 13.2. The number of rotatable bonds is 9. The van der Waals surface area contributed by atoms with Crippen molar-refractivity contribution in [1.29, 1.82) is 0 Å². The monoisotopic (exact) mass is 509 g/mol. The molecule has 5 rings (SSSR count). The normalized spacial score (nSPS) is 10.9. The Balaban J connectivity index is 1.32. The van der Waals surface area contributed by atoms with Crippen LogP contribution in [0.1, 0.15) is 39.1 Å². The minimum atomic E-state index is -0.176. The summed E-state index contributed by atoms with van der Waals surface area (Å²) < 4.78 is 7.27. The van der Waals surface area contributed by atoms with E-state index in [-0.39, 0.29) is 11.8 Å². The smallest absolute Gasteiger partial charge is 0.268 e. The number of benzene rings is 3. The number of amides is 2. The Bertz CT molecular complexity index is 1520. The number of aromatic nitrogens is 1. The van der Waals surface area contributed by atoms with Crippen molar-refractivity contribution in [2.24, 2.45) is 0 Å². The van der Waals surface area contributed by atoms with Gasteiger partial charge in [0.25, 0.3) is 11.8 Å². The second-order valence-electron chi connectivity index (χ2n) is 8.53. The summed E-state index contributed by atoms with van der Waals surface area (Å²) in [5.74, 6) is 1.14. The maximum Gasteiger partial charge on any atom is 0.268 e. The molecule has 3 aromatic carbocycles. The third-order valence-electron chi connectivity index (χ3n) is 6.08. The minimum Gasteiger partial charge on any atom is -0.467 e. The minimum absolute atomic E-state index is 0.165. The highest BCUT2D eigenvalue weighted by Gasteiger charge is 2.17. The largest absolute Gasteiger partial charge is 0.467 e. The van der Waals surface area contributed by atoms with E-state index in [9.17, 15) is 9.59 Å². The summed E-state index contributed by atoms with van der Waals surface area (Å²) in [6.07, 6.45) is 1.58. The highest BCUT2D eigenvalue weighted by atomic mass is 32.2. The first-order chi connectivity index (χ1) is 18.1. The van der Waals surface area contributed by atoms with E-state index in [4.69, 9.17) is 4.42 Å². The standard InChI is InChI=1S/C30H27N3O3S/c1-2-33-26-15-14-23(17-22(26)18-27(33)30(35)31-19-24-11-8-16-36-24)32-29(34)25-12-6-7-13-28(25)37-20-21-9-4-3-5-10-21/h3-18H,2,19-20H2,1H3,(H,31,35)(H,32,34). The van der Waals surface area contributed by atoms with Gasteiger partial charge in [0.05, 0.1) is 18.4 Å². The number of fused-ring (bicyclic) bond motifs is 1. The Morgan fingerprint density at radius 2 is 1.70 bits per heavy atom. The van der Waals surface area contributed by atoms with Crippen molar-refractivity contribution in [3.8, 4) is 0 Å². The van der Waals surface area contributed by atoms with Gasteiger partial charge in [0.2, 0.25) is 0 Å². The van der Waals surface area contributed by atoms with Crippen LogP contribution < -0.4 is 10.6 Å². The van der Waals surface area contributed by atoms with Crippen molar-refractivity contribution in [3.05, 3.63) is 120 Å². The van der Waals surface area contributed by atoms with Gasteiger partial charge in [0.1, 0.15) is 11.5 Å². The number of nitrogens with zero attached hydrogens (tertiary/aromatic N) is 1. The Morgan fingerprint density at radius 1 is 0.892 bits per heavy atom. The van der Waals surface area contributed by atoms with Gasteiger partial charge >= 0.3 is 0 Å². The van der Waals surface area contributed by atoms with Crippen molar-refractivity contribution < 1.29 is 14.0 Å². The number of carbonyl (C=O) groups is 2. The number of aryl methyl sites for hydroxylation is 1. The number of thioether (sulfide) groups is 1. The lowest BCUT2D eigenvalue weighted by Gasteiger charge is -2.11. The highest BCUT2D eigenvalue weighted by Crippen LogP contribution is 2.28. The lowest BCUT2D eigenvalue weighted by molar-refractivity contribution is 0.0938. The summed E-state index contributed by atoms with van der Waals surface area (Å²) in [6.45, 7) is 2.97. The molecule has 37 heavy (non-hydrogen) atoms. The molecular weight excluding hydrogens is 482 g/mol. The molecule has 2 amide bonds. The number of hydrogen-bond acceptors (Lipinski definition) is 4. The fourth-order valence-electron chi connectivity index (χ4n) is 4.26. The van der Waals surface area contributed by atoms with Crippen LogP contribution in [0.15, 0.2) is 107 Å². The first-order valence-electron chi connectivity index (χ1n) is 12.1. The number of furan rings is 1. The molecule has 0 atom stereocenters. The van der Waals surface area contributed by atoms with Gasteiger partial charge in [-0.15, -0.1) is 11.8 Å². The van der Waals surface area contributed by atoms with Gasteiger partial charge in [-0.25, -0.2) is 0 Å². The Labute approximate surface area is 219 Å². The molecule has 7 heteroatoms. The summed E-state index contributed by atoms with van der Waals surface area (Å²) in [5.41, 5.74) is 4.01. The molecule has 0 fully saturated rings. The topological polar surface area (TPSA) is 76.3 Å². The van der Waals surface area contributed by atoms with E-state index in [1.165, 1.54) is 5.56 Å². The number of carbonyl (C=O) groups excluding carboxylic acids is 2. The van der Waals surface area contributed by atoms with E-state index in [1.807, 2.05) is 84.3 Å². The first-order valence-corrected chi connectivity index (χ1v) is 13.1. The van der Waals surface area contributed by atoms with Crippen molar-refractivity contribution in [3.63, 3.8) is 0 Å². The molecule has 186 valence electrons. The number of nitrogens with one attached hydrogen (secondary N) is 2. The Kier molecular flexibility index (Phi) is 7.42. The summed E-state index contributed by atoms with van der Waals surface area (Å²) in [7, 11) is 0. The van der Waals surface area contributed by atoms with Gasteiger partial charge < -0.3 is 19.6 Å². The van der Waals surface area contributed by atoms with Gasteiger partial charge in [-0.3, -0.25) is 9.59 Å². The molecule has 2 heterocycles. The third-order valence-corrected chi connectivity index (χ3v) is 7.22. The average Bonchev–Trinajstić information content (AvgIpc) is 3.59. The van der Waals surface area contributed by atoms with Crippen LogP contribution in [0.3, 0.4) is 0 Å². The van der Waals surface area contributed by atoms with E-state index < -0.39 is 0 Å². The van der Waals surface area contributed by atoms with Crippen molar-refractivity contribution in [2.75, 3.05) is 5.32 Å². The Morgan fingerprint density at radius 3 is 2.49 bits per heavy atom. The molecule has 0 unspecified atom stereocenters. The summed E-state index contributed by atoms with van der Waals surface area (Å²) in [4.78, 5) is 27.0. The average molecular weight is 510 g/mol. The quantitative estimate of drug-likeness (QED) is 0.216. The van der Waals surface area contributed by atoms with Gasteiger partial charge in [0, 0.05) is 33.8 Å².